The van der Waals surface area contributed by atoms with Crippen molar-refractivity contribution in [2.24, 2.45) is 5.92 Å². The molecule has 2 N–H and O–H groups in total. The summed E-state index contributed by atoms with van der Waals surface area (Å²) in [6.45, 7) is 7.51. The van der Waals surface area contributed by atoms with Crippen molar-refractivity contribution < 1.29 is 28.9 Å². The minimum absolute atomic E-state index is 0.121. The molecule has 0 saturated carbocycles. The summed E-state index contributed by atoms with van der Waals surface area (Å²) < 4.78 is 20.8. The van der Waals surface area contributed by atoms with Crippen molar-refractivity contribution in [1.29, 1.82) is 0 Å². The SMILES string of the molecule is CC(OCCC(C(=O)O)C(=O)O)c1ncc(Br)c([Si](C)(C)C)c1F. The molecule has 9 heteroatoms. The lowest BCUT2D eigenvalue weighted by Gasteiger charge is -2.22. The van der Waals surface area contributed by atoms with Gasteiger partial charge in [0.05, 0.1) is 14.2 Å². The molecule has 1 aromatic rings. The Hall–Kier alpha value is -1.32. The Morgan fingerprint density at radius 2 is 1.88 bits per heavy atom. The van der Waals surface area contributed by atoms with Crippen molar-refractivity contribution in [2.75, 3.05) is 6.61 Å². The molecule has 24 heavy (non-hydrogen) atoms. The van der Waals surface area contributed by atoms with Crippen molar-refractivity contribution >= 4 is 41.1 Å². The fourth-order valence-electron chi connectivity index (χ4n) is 2.25. The van der Waals surface area contributed by atoms with Crippen LogP contribution in [-0.2, 0) is 14.3 Å². The zero-order valence-corrected chi connectivity index (χ0v) is 16.6. The molecule has 0 aliphatic rings. The van der Waals surface area contributed by atoms with E-state index in [0.29, 0.717) is 9.66 Å². The minimum Gasteiger partial charge on any atom is -0.481 e. The molecule has 6 nitrogen and oxygen atoms in total. The van der Waals surface area contributed by atoms with Gasteiger partial charge in [0, 0.05) is 17.3 Å². The lowest BCUT2D eigenvalue weighted by Crippen LogP contribution is -2.42. The lowest BCUT2D eigenvalue weighted by molar-refractivity contribution is -0.155. The fraction of sp³-hybridized carbons (Fsp3) is 0.533. The van der Waals surface area contributed by atoms with Crippen molar-refractivity contribution in [3.63, 3.8) is 0 Å². The average Bonchev–Trinajstić information content (AvgIpc) is 2.40. The van der Waals surface area contributed by atoms with Gasteiger partial charge in [-0.1, -0.05) is 19.6 Å². The zero-order chi connectivity index (χ0) is 18.7. The molecule has 0 fully saturated rings. The van der Waals surface area contributed by atoms with Crippen LogP contribution in [0.5, 0.6) is 0 Å². The topological polar surface area (TPSA) is 96.7 Å². The predicted molar refractivity (Wildman–Crippen MR) is 92.6 cm³/mol. The first kappa shape index (κ1) is 20.7. The van der Waals surface area contributed by atoms with E-state index < -0.39 is 37.9 Å². The highest BCUT2D eigenvalue weighted by Gasteiger charge is 2.29. The molecule has 134 valence electrons. The minimum atomic E-state index is -1.95. The second-order valence-corrected chi connectivity index (χ2v) is 12.3. The maximum Gasteiger partial charge on any atom is 0.317 e. The Morgan fingerprint density at radius 3 is 2.33 bits per heavy atom. The van der Waals surface area contributed by atoms with E-state index in [1.165, 1.54) is 6.20 Å². The summed E-state index contributed by atoms with van der Waals surface area (Å²) in [6.07, 6.45) is 0.619. The molecule has 0 bridgehead atoms. The van der Waals surface area contributed by atoms with Gasteiger partial charge >= 0.3 is 11.9 Å². The molecular formula is C15H21BrFNO5Si. The van der Waals surface area contributed by atoms with Gasteiger partial charge in [-0.05, 0) is 34.5 Å². The van der Waals surface area contributed by atoms with Crippen LogP contribution in [0, 0.1) is 11.7 Å². The Balaban J connectivity index is 2.88. The van der Waals surface area contributed by atoms with Crippen LogP contribution in [0.2, 0.25) is 19.6 Å². The summed E-state index contributed by atoms with van der Waals surface area (Å²) in [5.41, 5.74) is 0.137. The smallest absolute Gasteiger partial charge is 0.317 e. The Morgan fingerprint density at radius 1 is 1.33 bits per heavy atom. The van der Waals surface area contributed by atoms with E-state index >= 15 is 0 Å². The van der Waals surface area contributed by atoms with Gasteiger partial charge in [0.2, 0.25) is 0 Å². The van der Waals surface area contributed by atoms with Crippen LogP contribution in [0.1, 0.15) is 25.1 Å². The van der Waals surface area contributed by atoms with E-state index in [1.54, 1.807) is 6.92 Å². The largest absolute Gasteiger partial charge is 0.481 e. The highest BCUT2D eigenvalue weighted by Crippen LogP contribution is 2.23. The van der Waals surface area contributed by atoms with Crippen LogP contribution >= 0.6 is 15.9 Å². The number of hydrogen-bond donors (Lipinski definition) is 2. The van der Waals surface area contributed by atoms with Gasteiger partial charge < -0.3 is 14.9 Å². The fourth-order valence-corrected chi connectivity index (χ4v) is 5.87. The number of carboxylic acids is 2. The van der Waals surface area contributed by atoms with Crippen molar-refractivity contribution in [3.8, 4) is 0 Å². The summed E-state index contributed by atoms with van der Waals surface area (Å²) >= 11 is 3.33. The van der Waals surface area contributed by atoms with E-state index in [1.807, 2.05) is 19.6 Å². The molecule has 1 atom stereocenters. The number of rotatable bonds is 8. The van der Waals surface area contributed by atoms with Crippen LogP contribution in [0.4, 0.5) is 4.39 Å². The number of carboxylic acid groups (broad SMARTS) is 2. The van der Waals surface area contributed by atoms with Crippen LogP contribution in [0.3, 0.4) is 0 Å². The first-order valence-corrected chi connectivity index (χ1v) is 11.7. The molecule has 0 aliphatic heterocycles. The maximum absolute atomic E-state index is 14.8. The molecule has 0 radical (unpaired) electrons. The molecule has 1 aromatic heterocycles. The number of ether oxygens (including phenoxy) is 1. The van der Waals surface area contributed by atoms with E-state index in [4.69, 9.17) is 14.9 Å². The third kappa shape index (κ3) is 5.09. The normalized spacial score (nSPS) is 13.1. The third-order valence-corrected chi connectivity index (χ3v) is 6.46. The molecule has 0 aromatic carbocycles. The molecule has 1 rings (SSSR count). The van der Waals surface area contributed by atoms with E-state index in [2.05, 4.69) is 20.9 Å². The van der Waals surface area contributed by atoms with E-state index in [-0.39, 0.29) is 18.7 Å². The molecule has 0 amide bonds. The summed E-state index contributed by atoms with van der Waals surface area (Å²) in [5, 5.41) is 18.2. The second kappa shape index (κ2) is 8.17. The number of nitrogens with zero attached hydrogens (tertiary/aromatic N) is 1. The van der Waals surface area contributed by atoms with Gasteiger partial charge in [-0.25, -0.2) is 4.39 Å². The van der Waals surface area contributed by atoms with Gasteiger partial charge in [0.25, 0.3) is 0 Å². The Bertz CT molecular complexity index is 621. The van der Waals surface area contributed by atoms with Gasteiger partial charge in [0.15, 0.2) is 5.92 Å². The molecule has 1 unspecified atom stereocenters. The summed E-state index contributed by atoms with van der Waals surface area (Å²) in [7, 11) is -1.95. The Kier molecular flexibility index (Phi) is 7.06. The number of carbonyl (C=O) groups is 2. The van der Waals surface area contributed by atoms with E-state index in [0.717, 1.165) is 0 Å². The number of pyridine rings is 1. The summed E-state index contributed by atoms with van der Waals surface area (Å²) in [5.74, 6) is -4.82. The number of aliphatic carboxylic acids is 2. The van der Waals surface area contributed by atoms with Crippen molar-refractivity contribution in [3.05, 3.63) is 22.2 Å². The van der Waals surface area contributed by atoms with Gasteiger partial charge in [-0.2, -0.15) is 0 Å². The molecule has 0 saturated heterocycles. The number of hydrogen-bond acceptors (Lipinski definition) is 4. The standard InChI is InChI=1S/C15H21BrFNO5Si/c1-8(23-6-5-9(14(19)20)15(21)22)12-11(17)13(24(2,3)4)10(16)7-18-12/h7-9H,5-6H2,1-4H3,(H,19,20)(H,21,22). The van der Waals surface area contributed by atoms with Crippen LogP contribution in [0.25, 0.3) is 0 Å². The second-order valence-electron chi connectivity index (χ2n) is 6.46. The predicted octanol–water partition coefficient (Wildman–Crippen LogP) is 2.78. The van der Waals surface area contributed by atoms with Gasteiger partial charge in [-0.3, -0.25) is 14.6 Å². The van der Waals surface area contributed by atoms with E-state index in [9.17, 15) is 14.0 Å². The van der Waals surface area contributed by atoms with Crippen LogP contribution in [-0.4, -0.2) is 41.8 Å². The lowest BCUT2D eigenvalue weighted by atomic mass is 10.1. The van der Waals surface area contributed by atoms with Gasteiger partial charge in [0.1, 0.15) is 11.5 Å². The average molecular weight is 422 g/mol. The first-order valence-electron chi connectivity index (χ1n) is 7.38. The third-order valence-electron chi connectivity index (χ3n) is 3.51. The maximum atomic E-state index is 14.8. The highest BCUT2D eigenvalue weighted by molar-refractivity contribution is 9.10. The monoisotopic (exact) mass is 421 g/mol. The molecular weight excluding hydrogens is 401 g/mol. The zero-order valence-electron chi connectivity index (χ0n) is 14.0. The summed E-state index contributed by atoms with van der Waals surface area (Å²) in [4.78, 5) is 25.7. The quantitative estimate of drug-likeness (QED) is 0.494. The van der Waals surface area contributed by atoms with Crippen LogP contribution < -0.4 is 5.19 Å². The molecule has 1 heterocycles. The highest BCUT2D eigenvalue weighted by atomic mass is 79.9. The van der Waals surface area contributed by atoms with Crippen molar-refractivity contribution in [1.82, 2.24) is 4.98 Å². The van der Waals surface area contributed by atoms with Gasteiger partial charge in [-0.15, -0.1) is 0 Å². The molecule has 0 aliphatic carbocycles. The summed E-state index contributed by atoms with van der Waals surface area (Å²) in [6, 6.07) is 0. The first-order chi connectivity index (χ1) is 11.0. The van der Waals surface area contributed by atoms with Crippen molar-refractivity contribution in [2.45, 2.75) is 39.1 Å². The number of aromatic nitrogens is 1. The Labute approximate surface area is 149 Å². The molecule has 0 spiro atoms. The van der Waals surface area contributed by atoms with Crippen LogP contribution in [0.15, 0.2) is 10.7 Å². The number of halogens is 2.